The van der Waals surface area contributed by atoms with Crippen LogP contribution in [0.1, 0.15) is 37.5 Å². The maximum Gasteiger partial charge on any atom is 0.261 e. The lowest BCUT2D eigenvalue weighted by Gasteiger charge is -2.27. The predicted octanol–water partition coefficient (Wildman–Crippen LogP) is 3.76. The molecule has 0 spiro atoms. The summed E-state index contributed by atoms with van der Waals surface area (Å²) >= 11 is 3.25. The Hall–Kier alpha value is -1.80. The highest BCUT2D eigenvalue weighted by Gasteiger charge is 2.35. The fraction of sp³-hybridized carbons (Fsp3) is 0.450. The summed E-state index contributed by atoms with van der Waals surface area (Å²) in [6.45, 7) is 4.28. The van der Waals surface area contributed by atoms with Crippen LogP contribution >= 0.6 is 15.9 Å². The van der Waals surface area contributed by atoms with E-state index >= 15 is 0 Å². The summed E-state index contributed by atoms with van der Waals surface area (Å²) in [6.07, 6.45) is 0.430. The number of sulfone groups is 1. The van der Waals surface area contributed by atoms with Gasteiger partial charge in [-0.3, -0.25) is 4.79 Å². The van der Waals surface area contributed by atoms with Crippen molar-refractivity contribution < 1.29 is 22.4 Å². The van der Waals surface area contributed by atoms with Gasteiger partial charge in [-0.15, -0.1) is 0 Å². The molecule has 1 fully saturated rings. The Morgan fingerprint density at radius 2 is 1.96 bits per heavy atom. The fourth-order valence-electron chi connectivity index (χ4n) is 3.22. The molecule has 1 atom stereocenters. The van der Waals surface area contributed by atoms with Crippen LogP contribution in [0.5, 0.6) is 5.75 Å². The molecule has 152 valence electrons. The van der Waals surface area contributed by atoms with E-state index in [0.717, 1.165) is 0 Å². The van der Waals surface area contributed by atoms with E-state index < -0.39 is 9.84 Å². The number of carbonyl (C=O) groups excluding carboxylic acids is 1. The minimum atomic E-state index is -3.12. The van der Waals surface area contributed by atoms with Crippen LogP contribution in [0.3, 0.4) is 0 Å². The highest BCUT2D eigenvalue weighted by atomic mass is 79.9. The van der Waals surface area contributed by atoms with Gasteiger partial charge in [-0.25, -0.2) is 8.42 Å². The molecule has 0 saturated carbocycles. The number of furan rings is 1. The zero-order chi connectivity index (χ0) is 20.3. The van der Waals surface area contributed by atoms with Crippen LogP contribution in [0.2, 0.25) is 0 Å². The highest BCUT2D eigenvalue weighted by Crippen LogP contribution is 2.23. The monoisotopic (exact) mass is 469 g/mol. The quantitative estimate of drug-likeness (QED) is 0.616. The number of halogens is 1. The highest BCUT2D eigenvalue weighted by molar-refractivity contribution is 9.10. The Labute approximate surface area is 173 Å². The average molecular weight is 470 g/mol. The Morgan fingerprint density at radius 3 is 2.50 bits per heavy atom. The standard InChI is InChI=1S/C20H24BrNO5S/c1-14(2)15-3-5-17(6-4-15)26-12-20(23)22(11-18-7-8-19(21)27-18)16-9-10-28(24,25)13-16/h3-8,14,16H,9-13H2,1-2H3/t16-/m0/s1. The number of benzene rings is 1. The molecule has 8 heteroatoms. The van der Waals surface area contributed by atoms with Crippen molar-refractivity contribution in [3.8, 4) is 5.75 Å². The number of hydrogen-bond donors (Lipinski definition) is 0. The Bertz CT molecular complexity index is 920. The molecule has 28 heavy (non-hydrogen) atoms. The van der Waals surface area contributed by atoms with Gasteiger partial charge in [0, 0.05) is 6.04 Å². The molecule has 1 amide bonds. The molecule has 2 heterocycles. The zero-order valence-electron chi connectivity index (χ0n) is 15.9. The van der Waals surface area contributed by atoms with Crippen LogP contribution in [0.15, 0.2) is 45.5 Å². The van der Waals surface area contributed by atoms with E-state index in [1.54, 1.807) is 17.0 Å². The first-order chi connectivity index (χ1) is 13.2. The number of ether oxygens (including phenoxy) is 1. The summed E-state index contributed by atoms with van der Waals surface area (Å²) in [5, 5.41) is 0. The smallest absolute Gasteiger partial charge is 0.261 e. The van der Waals surface area contributed by atoms with Crippen LogP contribution in [0.25, 0.3) is 0 Å². The van der Waals surface area contributed by atoms with Crippen LogP contribution in [-0.4, -0.2) is 43.4 Å². The lowest BCUT2D eigenvalue weighted by atomic mass is 10.0. The first-order valence-electron chi connectivity index (χ1n) is 9.20. The maximum atomic E-state index is 12.9. The summed E-state index contributed by atoms with van der Waals surface area (Å²) in [5.41, 5.74) is 1.19. The number of hydrogen-bond acceptors (Lipinski definition) is 5. The maximum absolute atomic E-state index is 12.9. The second-order valence-electron chi connectivity index (χ2n) is 7.30. The van der Waals surface area contributed by atoms with Gasteiger partial charge in [0.25, 0.3) is 5.91 Å². The molecule has 1 aliphatic rings. The van der Waals surface area contributed by atoms with Crippen molar-refractivity contribution in [2.75, 3.05) is 18.1 Å². The lowest BCUT2D eigenvalue weighted by molar-refractivity contribution is -0.136. The third-order valence-corrected chi connectivity index (χ3v) is 7.01. The molecule has 0 N–H and O–H groups in total. The summed E-state index contributed by atoms with van der Waals surface area (Å²) in [7, 11) is -3.12. The molecule has 0 aliphatic carbocycles. The minimum absolute atomic E-state index is 0.0241. The van der Waals surface area contributed by atoms with Gasteiger partial charge in [-0.05, 0) is 58.1 Å². The number of carbonyl (C=O) groups is 1. The third-order valence-electron chi connectivity index (χ3n) is 4.83. The second kappa shape index (κ2) is 8.69. The third kappa shape index (κ3) is 5.38. The Morgan fingerprint density at radius 1 is 1.25 bits per heavy atom. The van der Waals surface area contributed by atoms with Crippen LogP contribution < -0.4 is 4.74 Å². The number of amides is 1. The number of nitrogens with zero attached hydrogens (tertiary/aromatic N) is 1. The summed E-state index contributed by atoms with van der Waals surface area (Å²) in [6, 6.07) is 10.8. The van der Waals surface area contributed by atoms with Gasteiger partial charge < -0.3 is 14.1 Å². The molecule has 2 aromatic rings. The zero-order valence-corrected chi connectivity index (χ0v) is 18.3. The second-order valence-corrected chi connectivity index (χ2v) is 10.3. The van der Waals surface area contributed by atoms with E-state index in [2.05, 4.69) is 29.8 Å². The minimum Gasteiger partial charge on any atom is -0.484 e. The van der Waals surface area contributed by atoms with Crippen LogP contribution in [0, 0.1) is 0 Å². The molecule has 6 nitrogen and oxygen atoms in total. The fourth-order valence-corrected chi connectivity index (χ4v) is 5.29. The molecule has 0 unspecified atom stereocenters. The summed E-state index contributed by atoms with van der Waals surface area (Å²) < 4.78 is 35.5. The van der Waals surface area contributed by atoms with E-state index in [0.29, 0.717) is 28.5 Å². The van der Waals surface area contributed by atoms with Crippen molar-refractivity contribution in [1.82, 2.24) is 4.90 Å². The van der Waals surface area contributed by atoms with Crippen molar-refractivity contribution in [3.05, 3.63) is 52.4 Å². The van der Waals surface area contributed by atoms with Gasteiger partial charge in [0.05, 0.1) is 18.1 Å². The van der Waals surface area contributed by atoms with E-state index in [4.69, 9.17) is 9.15 Å². The van der Waals surface area contributed by atoms with Gasteiger partial charge in [-0.2, -0.15) is 0 Å². The summed E-state index contributed by atoms with van der Waals surface area (Å²) in [5.74, 6) is 1.43. The molecule has 0 radical (unpaired) electrons. The largest absolute Gasteiger partial charge is 0.484 e. The first kappa shape index (κ1) is 20.9. The number of rotatable bonds is 7. The molecule has 3 rings (SSSR count). The molecule has 1 aromatic carbocycles. The molecular weight excluding hydrogens is 446 g/mol. The van der Waals surface area contributed by atoms with Crippen molar-refractivity contribution in [2.24, 2.45) is 0 Å². The molecule has 1 aromatic heterocycles. The van der Waals surface area contributed by atoms with Gasteiger partial charge in [0.2, 0.25) is 0 Å². The molecular formula is C20H24BrNO5S. The van der Waals surface area contributed by atoms with Gasteiger partial charge in [0.1, 0.15) is 11.5 Å². The summed E-state index contributed by atoms with van der Waals surface area (Å²) in [4.78, 5) is 14.4. The van der Waals surface area contributed by atoms with E-state index in [1.165, 1.54) is 5.56 Å². The topological polar surface area (TPSA) is 76.8 Å². The Kier molecular flexibility index (Phi) is 6.50. The Balaban J connectivity index is 1.68. The predicted molar refractivity (Wildman–Crippen MR) is 110 cm³/mol. The lowest BCUT2D eigenvalue weighted by Crippen LogP contribution is -2.43. The van der Waals surface area contributed by atoms with Gasteiger partial charge in [-0.1, -0.05) is 26.0 Å². The SMILES string of the molecule is CC(C)c1ccc(OCC(=O)N(Cc2ccc(Br)o2)[C@H]2CCS(=O)(=O)C2)cc1. The van der Waals surface area contributed by atoms with Crippen molar-refractivity contribution in [3.63, 3.8) is 0 Å². The molecule has 1 saturated heterocycles. The van der Waals surface area contributed by atoms with E-state index in [-0.39, 0.29) is 36.6 Å². The van der Waals surface area contributed by atoms with Crippen molar-refractivity contribution >= 4 is 31.7 Å². The average Bonchev–Trinajstić information content (AvgIpc) is 3.22. The van der Waals surface area contributed by atoms with Gasteiger partial charge >= 0.3 is 0 Å². The normalized spacial score (nSPS) is 18.4. The van der Waals surface area contributed by atoms with Crippen LogP contribution in [0.4, 0.5) is 0 Å². The molecule has 1 aliphatic heterocycles. The van der Waals surface area contributed by atoms with E-state index in [9.17, 15) is 13.2 Å². The van der Waals surface area contributed by atoms with Gasteiger partial charge in [0.15, 0.2) is 21.1 Å². The van der Waals surface area contributed by atoms with Crippen molar-refractivity contribution in [2.45, 2.75) is 38.8 Å². The first-order valence-corrected chi connectivity index (χ1v) is 11.8. The van der Waals surface area contributed by atoms with Crippen molar-refractivity contribution in [1.29, 1.82) is 0 Å². The van der Waals surface area contributed by atoms with E-state index in [1.807, 2.05) is 24.3 Å². The van der Waals surface area contributed by atoms with Crippen LogP contribution in [-0.2, 0) is 21.2 Å². The molecule has 0 bridgehead atoms.